The van der Waals surface area contributed by atoms with E-state index in [0.29, 0.717) is 17.5 Å². The SMILES string of the molecule is CCCCCNCC(C)N(C)C1CCS(=O)(=O)C1. The highest BCUT2D eigenvalue weighted by Crippen LogP contribution is 2.18. The summed E-state index contributed by atoms with van der Waals surface area (Å²) in [5, 5.41) is 3.45. The fraction of sp³-hybridized carbons (Fsp3) is 1.00. The Kier molecular flexibility index (Phi) is 6.60. The van der Waals surface area contributed by atoms with Gasteiger partial charge in [0.2, 0.25) is 0 Å². The molecule has 0 aliphatic carbocycles. The average Bonchev–Trinajstić information content (AvgIpc) is 2.68. The van der Waals surface area contributed by atoms with Crippen LogP contribution >= 0.6 is 0 Å². The zero-order valence-corrected chi connectivity index (χ0v) is 12.8. The second-order valence-electron chi connectivity index (χ2n) is 5.48. The fourth-order valence-corrected chi connectivity index (χ4v) is 4.20. The Morgan fingerprint density at radius 2 is 2.11 bits per heavy atom. The van der Waals surface area contributed by atoms with Crippen molar-refractivity contribution in [1.82, 2.24) is 10.2 Å². The van der Waals surface area contributed by atoms with E-state index in [0.717, 1.165) is 19.5 Å². The zero-order chi connectivity index (χ0) is 13.6. The van der Waals surface area contributed by atoms with Crippen molar-refractivity contribution < 1.29 is 8.42 Å². The first-order valence-electron chi connectivity index (χ1n) is 7.09. The zero-order valence-electron chi connectivity index (χ0n) is 12.0. The smallest absolute Gasteiger partial charge is 0.151 e. The molecule has 0 bridgehead atoms. The van der Waals surface area contributed by atoms with Gasteiger partial charge in [0.15, 0.2) is 9.84 Å². The molecule has 2 unspecified atom stereocenters. The van der Waals surface area contributed by atoms with Crippen LogP contribution in [-0.2, 0) is 9.84 Å². The van der Waals surface area contributed by atoms with E-state index < -0.39 is 9.84 Å². The minimum atomic E-state index is -2.77. The van der Waals surface area contributed by atoms with Gasteiger partial charge >= 0.3 is 0 Å². The van der Waals surface area contributed by atoms with E-state index in [4.69, 9.17) is 0 Å². The van der Waals surface area contributed by atoms with Crippen molar-refractivity contribution in [3.63, 3.8) is 0 Å². The van der Waals surface area contributed by atoms with Crippen LogP contribution in [-0.4, -0.2) is 57.0 Å². The molecule has 0 radical (unpaired) electrons. The number of sulfone groups is 1. The van der Waals surface area contributed by atoms with Gasteiger partial charge in [0.25, 0.3) is 0 Å². The largest absolute Gasteiger partial charge is 0.315 e. The standard InChI is InChI=1S/C13H28N2O2S/c1-4-5-6-8-14-10-12(2)15(3)13-7-9-18(16,17)11-13/h12-14H,4-11H2,1-3H3. The van der Waals surface area contributed by atoms with Crippen molar-refractivity contribution in [3.05, 3.63) is 0 Å². The first kappa shape index (κ1) is 15.9. The Labute approximate surface area is 112 Å². The molecule has 18 heavy (non-hydrogen) atoms. The van der Waals surface area contributed by atoms with Gasteiger partial charge in [0.05, 0.1) is 11.5 Å². The summed E-state index contributed by atoms with van der Waals surface area (Å²) < 4.78 is 22.9. The second-order valence-corrected chi connectivity index (χ2v) is 7.71. The molecule has 108 valence electrons. The number of hydrogen-bond donors (Lipinski definition) is 1. The predicted molar refractivity (Wildman–Crippen MR) is 76.7 cm³/mol. The van der Waals surface area contributed by atoms with Crippen LogP contribution in [0, 0.1) is 0 Å². The quantitative estimate of drug-likeness (QED) is 0.678. The van der Waals surface area contributed by atoms with Gasteiger partial charge in [-0.15, -0.1) is 0 Å². The van der Waals surface area contributed by atoms with E-state index in [9.17, 15) is 8.42 Å². The van der Waals surface area contributed by atoms with Gasteiger partial charge in [-0.1, -0.05) is 19.8 Å². The van der Waals surface area contributed by atoms with Gasteiger partial charge in [-0.05, 0) is 33.4 Å². The lowest BCUT2D eigenvalue weighted by Gasteiger charge is -2.30. The molecule has 1 N–H and O–H groups in total. The summed E-state index contributed by atoms with van der Waals surface area (Å²) in [6, 6.07) is 0.604. The molecule has 2 atom stereocenters. The molecule has 1 rings (SSSR count). The van der Waals surface area contributed by atoms with Crippen molar-refractivity contribution in [2.45, 2.75) is 51.6 Å². The lowest BCUT2D eigenvalue weighted by Crippen LogP contribution is -2.44. The van der Waals surface area contributed by atoms with E-state index in [1.165, 1.54) is 19.3 Å². The summed E-state index contributed by atoms with van der Waals surface area (Å²) in [4.78, 5) is 2.22. The Morgan fingerprint density at radius 3 is 2.67 bits per heavy atom. The van der Waals surface area contributed by atoms with Crippen molar-refractivity contribution in [1.29, 1.82) is 0 Å². The normalized spacial score (nSPS) is 24.6. The van der Waals surface area contributed by atoms with Gasteiger partial charge in [-0.25, -0.2) is 8.42 Å². The summed E-state index contributed by atoms with van der Waals surface area (Å²) in [6.45, 7) is 6.38. The lowest BCUT2D eigenvalue weighted by molar-refractivity contribution is 0.195. The first-order chi connectivity index (χ1) is 8.46. The number of nitrogens with zero attached hydrogens (tertiary/aromatic N) is 1. The van der Waals surface area contributed by atoms with Crippen LogP contribution in [0.2, 0.25) is 0 Å². The number of likely N-dealkylation sites (N-methyl/N-ethyl adjacent to an activating group) is 1. The van der Waals surface area contributed by atoms with E-state index >= 15 is 0 Å². The molecule has 0 aromatic carbocycles. The Balaban J connectivity index is 2.23. The second kappa shape index (κ2) is 7.46. The molecule has 4 nitrogen and oxygen atoms in total. The molecule has 5 heteroatoms. The summed E-state index contributed by atoms with van der Waals surface area (Å²) in [7, 11) is -0.723. The number of nitrogens with one attached hydrogen (secondary N) is 1. The third-order valence-corrected chi connectivity index (χ3v) is 5.63. The molecule has 0 saturated carbocycles. The van der Waals surface area contributed by atoms with Crippen LogP contribution in [0.4, 0.5) is 0 Å². The number of rotatable bonds is 8. The third kappa shape index (κ3) is 5.24. The monoisotopic (exact) mass is 276 g/mol. The van der Waals surface area contributed by atoms with E-state index in [1.807, 2.05) is 7.05 Å². The Morgan fingerprint density at radius 1 is 1.39 bits per heavy atom. The van der Waals surface area contributed by atoms with Gasteiger partial charge in [0.1, 0.15) is 0 Å². The third-order valence-electron chi connectivity index (χ3n) is 3.88. The van der Waals surface area contributed by atoms with E-state index in [-0.39, 0.29) is 6.04 Å². The number of hydrogen-bond acceptors (Lipinski definition) is 4. The van der Waals surface area contributed by atoms with Gasteiger partial charge < -0.3 is 5.32 Å². The first-order valence-corrected chi connectivity index (χ1v) is 8.91. The molecule has 0 aromatic rings. The van der Waals surface area contributed by atoms with Crippen LogP contribution < -0.4 is 5.32 Å². The maximum absolute atomic E-state index is 11.5. The maximum Gasteiger partial charge on any atom is 0.151 e. The van der Waals surface area contributed by atoms with Crippen molar-refractivity contribution in [2.24, 2.45) is 0 Å². The van der Waals surface area contributed by atoms with Gasteiger partial charge in [0, 0.05) is 18.6 Å². The molecule has 1 saturated heterocycles. The van der Waals surface area contributed by atoms with Crippen LogP contribution in [0.5, 0.6) is 0 Å². The predicted octanol–water partition coefficient (Wildman–Crippen LogP) is 1.27. The molecule has 1 heterocycles. The average molecular weight is 276 g/mol. The highest BCUT2D eigenvalue weighted by Gasteiger charge is 2.32. The summed E-state index contributed by atoms with van der Waals surface area (Å²) in [5.41, 5.74) is 0. The molecule has 0 aromatic heterocycles. The molecule has 1 aliphatic heterocycles. The molecular weight excluding hydrogens is 248 g/mol. The molecule has 0 spiro atoms. The van der Waals surface area contributed by atoms with E-state index in [2.05, 4.69) is 24.1 Å². The topological polar surface area (TPSA) is 49.4 Å². The van der Waals surface area contributed by atoms with Crippen LogP contribution in [0.15, 0.2) is 0 Å². The van der Waals surface area contributed by atoms with Crippen molar-refractivity contribution in [3.8, 4) is 0 Å². The van der Waals surface area contributed by atoms with Crippen molar-refractivity contribution in [2.75, 3.05) is 31.6 Å². The molecular formula is C13H28N2O2S. The fourth-order valence-electron chi connectivity index (χ4n) is 2.41. The van der Waals surface area contributed by atoms with E-state index in [1.54, 1.807) is 0 Å². The highest BCUT2D eigenvalue weighted by atomic mass is 32.2. The van der Waals surface area contributed by atoms with Gasteiger partial charge in [-0.3, -0.25) is 4.90 Å². The lowest BCUT2D eigenvalue weighted by atomic mass is 10.2. The summed E-state index contributed by atoms with van der Waals surface area (Å²) in [5.74, 6) is 0.697. The van der Waals surface area contributed by atoms with Crippen LogP contribution in [0.3, 0.4) is 0 Å². The van der Waals surface area contributed by atoms with Crippen molar-refractivity contribution >= 4 is 9.84 Å². The van der Waals surface area contributed by atoms with Crippen LogP contribution in [0.1, 0.15) is 39.5 Å². The molecule has 0 amide bonds. The molecule has 1 aliphatic rings. The maximum atomic E-state index is 11.5. The Bertz CT molecular complexity index is 330. The highest BCUT2D eigenvalue weighted by molar-refractivity contribution is 7.91. The summed E-state index contributed by atoms with van der Waals surface area (Å²) in [6.07, 6.45) is 4.54. The van der Waals surface area contributed by atoms with Gasteiger partial charge in [-0.2, -0.15) is 0 Å². The molecule has 1 fully saturated rings. The minimum absolute atomic E-state index is 0.211. The minimum Gasteiger partial charge on any atom is -0.315 e. The van der Waals surface area contributed by atoms with Crippen LogP contribution in [0.25, 0.3) is 0 Å². The summed E-state index contributed by atoms with van der Waals surface area (Å²) >= 11 is 0. The Hall–Kier alpha value is -0.130. The number of unbranched alkanes of at least 4 members (excludes halogenated alkanes) is 2.